The zero-order valence-corrected chi connectivity index (χ0v) is 13.6. The maximum absolute atomic E-state index is 11.2. The molecule has 19 heavy (non-hydrogen) atoms. The molecular weight excluding hydrogens is 306 g/mol. The Morgan fingerprint density at radius 2 is 1.95 bits per heavy atom. The molecule has 0 heterocycles. The Morgan fingerprint density at radius 1 is 1.32 bits per heavy atom. The molecule has 0 aromatic heterocycles. The normalized spacial score (nSPS) is 11.4. The number of ether oxygens (including phenoxy) is 1. The van der Waals surface area contributed by atoms with Gasteiger partial charge in [0.1, 0.15) is 5.75 Å². The molecule has 0 saturated carbocycles. The van der Waals surface area contributed by atoms with Crippen LogP contribution < -0.4 is 10.5 Å². The number of hydrogen-bond donors (Lipinski definition) is 1. The minimum Gasteiger partial charge on any atom is -0.493 e. The number of carbonyl (C=O) groups excluding carboxylic acids is 1. The van der Waals surface area contributed by atoms with Gasteiger partial charge in [-0.25, -0.2) is 0 Å². The standard InChI is InChI=1S/C15H22BrNO2/c1-10-9-13(11(2)8-12(10)16)19-7-5-6-15(3,4)14(17)18/h8-9H,5-7H2,1-4H3,(H2,17,18). The molecule has 106 valence electrons. The summed E-state index contributed by atoms with van der Waals surface area (Å²) in [7, 11) is 0. The van der Waals surface area contributed by atoms with E-state index in [0.717, 1.165) is 34.2 Å². The molecule has 0 aliphatic carbocycles. The maximum Gasteiger partial charge on any atom is 0.223 e. The average Bonchev–Trinajstić information content (AvgIpc) is 2.30. The van der Waals surface area contributed by atoms with Crippen LogP contribution in [0.2, 0.25) is 0 Å². The van der Waals surface area contributed by atoms with E-state index >= 15 is 0 Å². The summed E-state index contributed by atoms with van der Waals surface area (Å²) in [5.74, 6) is 0.640. The summed E-state index contributed by atoms with van der Waals surface area (Å²) in [6.45, 7) is 8.38. The van der Waals surface area contributed by atoms with Crippen LogP contribution in [0.15, 0.2) is 16.6 Å². The van der Waals surface area contributed by atoms with E-state index in [4.69, 9.17) is 10.5 Å². The van der Waals surface area contributed by atoms with Crippen molar-refractivity contribution >= 4 is 21.8 Å². The number of aryl methyl sites for hydroxylation is 2. The first-order valence-electron chi connectivity index (χ1n) is 6.43. The molecule has 1 aromatic carbocycles. The smallest absolute Gasteiger partial charge is 0.223 e. The average molecular weight is 328 g/mol. The molecule has 0 aliphatic heterocycles. The Balaban J connectivity index is 2.51. The van der Waals surface area contributed by atoms with Crippen LogP contribution in [0.1, 0.15) is 37.8 Å². The van der Waals surface area contributed by atoms with Crippen LogP contribution in [0.25, 0.3) is 0 Å². The molecule has 3 nitrogen and oxygen atoms in total. The first-order chi connectivity index (χ1) is 8.74. The summed E-state index contributed by atoms with van der Waals surface area (Å²) in [5, 5.41) is 0. The lowest BCUT2D eigenvalue weighted by atomic mass is 9.87. The van der Waals surface area contributed by atoms with Crippen LogP contribution in [0.3, 0.4) is 0 Å². The van der Waals surface area contributed by atoms with Gasteiger partial charge in [-0.05, 0) is 49.9 Å². The molecule has 0 saturated heterocycles. The van der Waals surface area contributed by atoms with Crippen molar-refractivity contribution in [2.45, 2.75) is 40.5 Å². The molecule has 0 aliphatic rings. The van der Waals surface area contributed by atoms with Gasteiger partial charge >= 0.3 is 0 Å². The molecule has 0 radical (unpaired) electrons. The van der Waals surface area contributed by atoms with Gasteiger partial charge in [-0.3, -0.25) is 4.79 Å². The lowest BCUT2D eigenvalue weighted by molar-refractivity contribution is -0.126. The predicted molar refractivity (Wildman–Crippen MR) is 81.3 cm³/mol. The van der Waals surface area contributed by atoms with E-state index in [0.29, 0.717) is 6.61 Å². The van der Waals surface area contributed by atoms with E-state index < -0.39 is 5.41 Å². The highest BCUT2D eigenvalue weighted by Crippen LogP contribution is 2.27. The van der Waals surface area contributed by atoms with Crippen LogP contribution in [0.5, 0.6) is 5.75 Å². The number of rotatable bonds is 6. The fourth-order valence-electron chi connectivity index (χ4n) is 1.73. The Labute approximate surface area is 123 Å². The largest absolute Gasteiger partial charge is 0.493 e. The van der Waals surface area contributed by atoms with Crippen molar-refractivity contribution < 1.29 is 9.53 Å². The van der Waals surface area contributed by atoms with Crippen molar-refractivity contribution in [3.05, 3.63) is 27.7 Å². The highest BCUT2D eigenvalue weighted by atomic mass is 79.9. The zero-order chi connectivity index (χ0) is 14.6. The topological polar surface area (TPSA) is 52.3 Å². The van der Waals surface area contributed by atoms with Crippen molar-refractivity contribution in [2.75, 3.05) is 6.61 Å². The van der Waals surface area contributed by atoms with Gasteiger partial charge in [-0.1, -0.05) is 29.8 Å². The molecule has 1 amide bonds. The van der Waals surface area contributed by atoms with Gasteiger partial charge < -0.3 is 10.5 Å². The fraction of sp³-hybridized carbons (Fsp3) is 0.533. The Morgan fingerprint density at radius 3 is 2.53 bits per heavy atom. The third kappa shape index (κ3) is 4.53. The molecule has 4 heteroatoms. The highest BCUT2D eigenvalue weighted by molar-refractivity contribution is 9.10. The van der Waals surface area contributed by atoms with Gasteiger partial charge in [-0.15, -0.1) is 0 Å². The lowest BCUT2D eigenvalue weighted by Gasteiger charge is -2.20. The van der Waals surface area contributed by atoms with Crippen molar-refractivity contribution in [1.29, 1.82) is 0 Å². The van der Waals surface area contributed by atoms with Crippen molar-refractivity contribution in [1.82, 2.24) is 0 Å². The third-order valence-corrected chi connectivity index (χ3v) is 4.18. The minimum atomic E-state index is -0.464. The SMILES string of the molecule is Cc1cc(OCCCC(C)(C)C(N)=O)c(C)cc1Br. The Hall–Kier alpha value is -1.03. The highest BCUT2D eigenvalue weighted by Gasteiger charge is 2.24. The van der Waals surface area contributed by atoms with Gasteiger partial charge in [0.2, 0.25) is 5.91 Å². The summed E-state index contributed by atoms with van der Waals surface area (Å²) >= 11 is 3.50. The molecule has 1 aromatic rings. The molecular formula is C15H22BrNO2. The van der Waals surface area contributed by atoms with E-state index in [1.54, 1.807) is 0 Å². The summed E-state index contributed by atoms with van der Waals surface area (Å²) in [6.07, 6.45) is 1.54. The van der Waals surface area contributed by atoms with Gasteiger partial charge in [0.25, 0.3) is 0 Å². The molecule has 0 bridgehead atoms. The number of carbonyl (C=O) groups is 1. The summed E-state index contributed by atoms with van der Waals surface area (Å²) < 4.78 is 6.86. The van der Waals surface area contributed by atoms with Gasteiger partial charge in [0.05, 0.1) is 6.61 Å². The number of halogens is 1. The summed E-state index contributed by atoms with van der Waals surface area (Å²) in [5.41, 5.74) is 7.13. The van der Waals surface area contributed by atoms with E-state index in [1.807, 2.05) is 33.8 Å². The number of primary amides is 1. The third-order valence-electron chi connectivity index (χ3n) is 3.33. The molecule has 2 N–H and O–H groups in total. The predicted octanol–water partition coefficient (Wildman–Crippen LogP) is 3.74. The van der Waals surface area contributed by atoms with Crippen molar-refractivity contribution in [3.8, 4) is 5.75 Å². The minimum absolute atomic E-state index is 0.261. The second kappa shape index (κ2) is 6.42. The van der Waals surface area contributed by atoms with Gasteiger partial charge in [-0.2, -0.15) is 0 Å². The van der Waals surface area contributed by atoms with Crippen LogP contribution in [-0.4, -0.2) is 12.5 Å². The molecule has 0 unspecified atom stereocenters. The Bertz CT molecular complexity index is 469. The summed E-state index contributed by atoms with van der Waals surface area (Å²) in [4.78, 5) is 11.2. The number of hydrogen-bond acceptors (Lipinski definition) is 2. The maximum atomic E-state index is 11.2. The molecule has 0 spiro atoms. The first kappa shape index (κ1) is 16.0. The van der Waals surface area contributed by atoms with Crippen LogP contribution in [0, 0.1) is 19.3 Å². The number of benzene rings is 1. The van der Waals surface area contributed by atoms with Gasteiger partial charge in [0.15, 0.2) is 0 Å². The van der Waals surface area contributed by atoms with Gasteiger partial charge in [0, 0.05) is 9.89 Å². The van der Waals surface area contributed by atoms with Crippen molar-refractivity contribution in [2.24, 2.45) is 11.1 Å². The fourth-order valence-corrected chi connectivity index (χ4v) is 2.19. The molecule has 0 fully saturated rings. The number of nitrogens with two attached hydrogens (primary N) is 1. The van der Waals surface area contributed by atoms with Crippen LogP contribution >= 0.6 is 15.9 Å². The summed E-state index contributed by atoms with van der Waals surface area (Å²) in [6, 6.07) is 4.08. The van der Waals surface area contributed by atoms with E-state index in [9.17, 15) is 4.79 Å². The van der Waals surface area contributed by atoms with Crippen molar-refractivity contribution in [3.63, 3.8) is 0 Å². The second-order valence-electron chi connectivity index (χ2n) is 5.57. The van der Waals surface area contributed by atoms with E-state index in [1.165, 1.54) is 0 Å². The second-order valence-corrected chi connectivity index (χ2v) is 6.42. The quantitative estimate of drug-likeness (QED) is 0.809. The molecule has 1 rings (SSSR count). The molecule has 0 atom stereocenters. The monoisotopic (exact) mass is 327 g/mol. The van der Waals surface area contributed by atoms with Crippen LogP contribution in [-0.2, 0) is 4.79 Å². The van der Waals surface area contributed by atoms with E-state index in [2.05, 4.69) is 22.0 Å². The van der Waals surface area contributed by atoms with Crippen LogP contribution in [0.4, 0.5) is 0 Å². The Kier molecular flexibility index (Phi) is 5.41. The number of amides is 1. The van der Waals surface area contributed by atoms with E-state index in [-0.39, 0.29) is 5.91 Å². The zero-order valence-electron chi connectivity index (χ0n) is 12.0. The first-order valence-corrected chi connectivity index (χ1v) is 7.23. The lowest BCUT2D eigenvalue weighted by Crippen LogP contribution is -2.31.